The Morgan fingerprint density at radius 2 is 1.94 bits per heavy atom. The Morgan fingerprint density at radius 3 is 2.47 bits per heavy atom. The van der Waals surface area contributed by atoms with Crippen molar-refractivity contribution in [3.63, 3.8) is 0 Å². The van der Waals surface area contributed by atoms with Crippen molar-refractivity contribution in [3.05, 3.63) is 38.4 Å². The SMILES string of the molecule is O=[N+]([O-])c1ccc(OCCCCl)c([N+](=O)[O-])c1. The first-order chi connectivity index (χ1) is 8.06. The van der Waals surface area contributed by atoms with Gasteiger partial charge in [-0.1, -0.05) is 0 Å². The van der Waals surface area contributed by atoms with Crippen molar-refractivity contribution in [3.8, 4) is 5.75 Å². The number of benzene rings is 1. The lowest BCUT2D eigenvalue weighted by Gasteiger charge is -2.05. The molecule has 0 aliphatic rings. The number of nitro benzene ring substituents is 2. The summed E-state index contributed by atoms with van der Waals surface area (Å²) in [4.78, 5) is 19.8. The number of nitro groups is 2. The molecule has 0 saturated carbocycles. The van der Waals surface area contributed by atoms with E-state index < -0.39 is 15.5 Å². The number of hydrogen-bond acceptors (Lipinski definition) is 5. The van der Waals surface area contributed by atoms with Gasteiger partial charge in [-0.2, -0.15) is 0 Å². The van der Waals surface area contributed by atoms with Crippen LogP contribution in [0.4, 0.5) is 11.4 Å². The van der Waals surface area contributed by atoms with Crippen molar-refractivity contribution < 1.29 is 14.6 Å². The molecular weight excluding hydrogens is 252 g/mol. The third-order valence-corrected chi connectivity index (χ3v) is 2.15. The van der Waals surface area contributed by atoms with Gasteiger partial charge in [-0.05, 0) is 12.5 Å². The summed E-state index contributed by atoms with van der Waals surface area (Å²) in [6.07, 6.45) is 0.537. The fraction of sp³-hybridized carbons (Fsp3) is 0.333. The number of halogens is 1. The molecule has 0 aromatic heterocycles. The van der Waals surface area contributed by atoms with Crippen LogP contribution in [0.25, 0.3) is 0 Å². The van der Waals surface area contributed by atoms with Gasteiger partial charge >= 0.3 is 5.69 Å². The maximum absolute atomic E-state index is 10.7. The van der Waals surface area contributed by atoms with E-state index in [2.05, 4.69) is 0 Å². The molecule has 0 aliphatic carbocycles. The molecule has 0 aliphatic heterocycles. The monoisotopic (exact) mass is 260 g/mol. The van der Waals surface area contributed by atoms with Crippen molar-refractivity contribution in [2.75, 3.05) is 12.5 Å². The molecule has 0 fully saturated rings. The van der Waals surface area contributed by atoms with Crippen molar-refractivity contribution in [1.29, 1.82) is 0 Å². The molecule has 7 nitrogen and oxygen atoms in total. The lowest BCUT2D eigenvalue weighted by molar-refractivity contribution is -0.394. The molecule has 0 spiro atoms. The summed E-state index contributed by atoms with van der Waals surface area (Å²) in [6.45, 7) is 0.224. The maximum Gasteiger partial charge on any atom is 0.317 e. The highest BCUT2D eigenvalue weighted by Crippen LogP contribution is 2.30. The Morgan fingerprint density at radius 1 is 1.24 bits per heavy atom. The van der Waals surface area contributed by atoms with Crippen LogP contribution in [0, 0.1) is 20.2 Å². The molecule has 1 aromatic carbocycles. The molecular formula is C9H9ClN2O5. The van der Waals surface area contributed by atoms with E-state index in [-0.39, 0.29) is 18.0 Å². The van der Waals surface area contributed by atoms with E-state index in [4.69, 9.17) is 16.3 Å². The normalized spacial score (nSPS) is 9.94. The third kappa shape index (κ3) is 3.56. The molecule has 0 unspecified atom stereocenters. The summed E-state index contributed by atoms with van der Waals surface area (Å²) >= 11 is 5.43. The summed E-state index contributed by atoms with van der Waals surface area (Å²) in [7, 11) is 0. The highest BCUT2D eigenvalue weighted by molar-refractivity contribution is 6.17. The maximum atomic E-state index is 10.7. The number of rotatable bonds is 6. The van der Waals surface area contributed by atoms with Gasteiger partial charge in [0.25, 0.3) is 5.69 Å². The number of alkyl halides is 1. The first-order valence-corrected chi connectivity index (χ1v) is 5.21. The summed E-state index contributed by atoms with van der Waals surface area (Å²) in [5.74, 6) is 0.381. The van der Waals surface area contributed by atoms with Gasteiger partial charge in [0.2, 0.25) is 0 Å². The van der Waals surface area contributed by atoms with Crippen LogP contribution in [0.3, 0.4) is 0 Å². The third-order valence-electron chi connectivity index (χ3n) is 1.89. The Labute approximate surface area is 101 Å². The van der Waals surface area contributed by atoms with E-state index in [0.29, 0.717) is 12.3 Å². The van der Waals surface area contributed by atoms with Gasteiger partial charge in [0.15, 0.2) is 5.75 Å². The van der Waals surface area contributed by atoms with Crippen molar-refractivity contribution in [1.82, 2.24) is 0 Å². The fourth-order valence-corrected chi connectivity index (χ4v) is 1.23. The highest BCUT2D eigenvalue weighted by Gasteiger charge is 2.20. The van der Waals surface area contributed by atoms with Crippen LogP contribution in [-0.4, -0.2) is 22.3 Å². The zero-order valence-corrected chi connectivity index (χ0v) is 9.42. The van der Waals surface area contributed by atoms with Crippen LogP contribution >= 0.6 is 11.6 Å². The minimum Gasteiger partial charge on any atom is -0.487 e. The van der Waals surface area contributed by atoms with Gasteiger partial charge < -0.3 is 4.74 Å². The summed E-state index contributed by atoms with van der Waals surface area (Å²) < 4.78 is 5.12. The first-order valence-electron chi connectivity index (χ1n) is 4.68. The Kier molecular flexibility index (Phi) is 4.65. The Hall–Kier alpha value is -1.89. The molecule has 1 aromatic rings. The van der Waals surface area contributed by atoms with Crippen LogP contribution in [0.1, 0.15) is 6.42 Å². The van der Waals surface area contributed by atoms with Crippen LogP contribution in [0.15, 0.2) is 18.2 Å². The van der Waals surface area contributed by atoms with E-state index in [9.17, 15) is 20.2 Å². The second kappa shape index (κ2) is 6.00. The van der Waals surface area contributed by atoms with Crippen LogP contribution in [-0.2, 0) is 0 Å². The van der Waals surface area contributed by atoms with Crippen molar-refractivity contribution in [2.24, 2.45) is 0 Å². The molecule has 0 atom stereocenters. The molecule has 92 valence electrons. The predicted octanol–water partition coefficient (Wildman–Crippen LogP) is 2.51. The zero-order valence-electron chi connectivity index (χ0n) is 8.67. The smallest absolute Gasteiger partial charge is 0.317 e. The number of non-ortho nitro benzene ring substituents is 1. The van der Waals surface area contributed by atoms with Gasteiger partial charge in [0.05, 0.1) is 22.5 Å². The Bertz CT molecular complexity index is 437. The molecule has 1 rings (SSSR count). The number of ether oxygens (including phenoxy) is 1. The van der Waals surface area contributed by atoms with Gasteiger partial charge in [0.1, 0.15) is 0 Å². The lowest BCUT2D eigenvalue weighted by atomic mass is 10.2. The van der Waals surface area contributed by atoms with Gasteiger partial charge in [-0.3, -0.25) is 20.2 Å². The minimum atomic E-state index is -0.719. The van der Waals surface area contributed by atoms with Crippen LogP contribution in [0.2, 0.25) is 0 Å². The van der Waals surface area contributed by atoms with E-state index in [1.807, 2.05) is 0 Å². The molecule has 17 heavy (non-hydrogen) atoms. The average Bonchev–Trinajstić information content (AvgIpc) is 2.29. The second-order valence-corrected chi connectivity index (χ2v) is 3.44. The molecule has 0 heterocycles. The Balaban J connectivity index is 2.96. The molecule has 0 amide bonds. The summed E-state index contributed by atoms with van der Waals surface area (Å²) in [5, 5.41) is 21.2. The largest absolute Gasteiger partial charge is 0.487 e. The first kappa shape index (κ1) is 13.2. The van der Waals surface area contributed by atoms with E-state index >= 15 is 0 Å². The summed E-state index contributed by atoms with van der Waals surface area (Å²) in [5.41, 5.74) is -0.768. The molecule has 0 radical (unpaired) electrons. The molecule has 0 N–H and O–H groups in total. The number of nitrogens with zero attached hydrogens (tertiary/aromatic N) is 2. The van der Waals surface area contributed by atoms with Crippen LogP contribution < -0.4 is 4.74 Å². The molecule has 0 saturated heterocycles. The summed E-state index contributed by atoms with van der Waals surface area (Å²) in [6, 6.07) is 3.24. The number of hydrogen-bond donors (Lipinski definition) is 0. The van der Waals surface area contributed by atoms with Gasteiger partial charge in [0, 0.05) is 11.9 Å². The minimum absolute atomic E-state index is 0.00529. The van der Waals surface area contributed by atoms with Crippen LogP contribution in [0.5, 0.6) is 5.75 Å². The quantitative estimate of drug-likeness (QED) is 0.339. The molecule has 8 heteroatoms. The standard InChI is InChI=1S/C9H9ClN2O5/c10-4-1-5-17-9-3-2-7(11(13)14)6-8(9)12(15)16/h2-3,6H,1,4-5H2. The highest BCUT2D eigenvalue weighted by atomic mass is 35.5. The van der Waals surface area contributed by atoms with Crippen molar-refractivity contribution in [2.45, 2.75) is 6.42 Å². The second-order valence-electron chi connectivity index (χ2n) is 3.06. The van der Waals surface area contributed by atoms with E-state index in [1.165, 1.54) is 6.07 Å². The lowest BCUT2D eigenvalue weighted by Crippen LogP contribution is -2.01. The fourth-order valence-electron chi connectivity index (χ4n) is 1.12. The van der Waals surface area contributed by atoms with E-state index in [1.54, 1.807) is 0 Å². The topological polar surface area (TPSA) is 95.5 Å². The molecule has 0 bridgehead atoms. The predicted molar refractivity (Wildman–Crippen MR) is 60.6 cm³/mol. The average molecular weight is 261 g/mol. The van der Waals surface area contributed by atoms with Gasteiger partial charge in [-0.15, -0.1) is 11.6 Å². The van der Waals surface area contributed by atoms with E-state index in [0.717, 1.165) is 12.1 Å². The van der Waals surface area contributed by atoms with Crippen molar-refractivity contribution >= 4 is 23.0 Å². The zero-order chi connectivity index (χ0) is 12.8. The van der Waals surface area contributed by atoms with Gasteiger partial charge in [-0.25, -0.2) is 0 Å².